The molecule has 0 atom stereocenters. The van der Waals surface area contributed by atoms with Crippen LogP contribution in [0.2, 0.25) is 0 Å². The van der Waals surface area contributed by atoms with Crippen LogP contribution in [0.25, 0.3) is 0 Å². The van der Waals surface area contributed by atoms with Crippen LogP contribution in [0.1, 0.15) is 10.4 Å². The number of anilines is 1. The minimum absolute atomic E-state index is 0.226. The molecule has 0 spiro atoms. The lowest BCUT2D eigenvalue weighted by Crippen LogP contribution is -2.37. The topological polar surface area (TPSA) is 75.7 Å². The van der Waals surface area contributed by atoms with Gasteiger partial charge in [0.2, 0.25) is 5.91 Å². The van der Waals surface area contributed by atoms with Crippen molar-refractivity contribution in [3.63, 3.8) is 0 Å². The molecule has 0 aliphatic rings. The maximum atomic E-state index is 12.8. The molecule has 0 aliphatic heterocycles. The van der Waals surface area contributed by atoms with Gasteiger partial charge in [-0.25, -0.2) is 9.18 Å². The molecule has 6 nitrogen and oxygen atoms in total. The van der Waals surface area contributed by atoms with Crippen molar-refractivity contribution in [3.05, 3.63) is 63.5 Å². The maximum Gasteiger partial charge on any atom is 0.339 e. The molecule has 2 aromatic carbocycles. The summed E-state index contributed by atoms with van der Waals surface area (Å²) in [5.74, 6) is -1.98. The first kappa shape index (κ1) is 19.8. The van der Waals surface area contributed by atoms with Crippen LogP contribution < -0.4 is 5.32 Å². The Balaban J connectivity index is 1.81. The second-order valence-corrected chi connectivity index (χ2v) is 6.52. The first-order valence-electron chi connectivity index (χ1n) is 7.58. The highest BCUT2D eigenvalue weighted by atomic mass is 127. The lowest BCUT2D eigenvalue weighted by atomic mass is 10.2. The van der Waals surface area contributed by atoms with Gasteiger partial charge in [0.25, 0.3) is 5.91 Å². The molecule has 0 aromatic heterocycles. The highest BCUT2D eigenvalue weighted by molar-refractivity contribution is 14.1. The lowest BCUT2D eigenvalue weighted by molar-refractivity contribution is -0.136. The number of carbonyl (C=O) groups is 3. The molecule has 0 fully saturated rings. The van der Waals surface area contributed by atoms with Crippen molar-refractivity contribution in [1.29, 1.82) is 0 Å². The molecule has 0 aliphatic carbocycles. The van der Waals surface area contributed by atoms with Crippen LogP contribution in [0, 0.1) is 9.39 Å². The van der Waals surface area contributed by atoms with Crippen LogP contribution in [-0.2, 0) is 14.3 Å². The number of esters is 1. The van der Waals surface area contributed by atoms with E-state index in [4.69, 9.17) is 4.74 Å². The van der Waals surface area contributed by atoms with E-state index in [0.717, 1.165) is 8.47 Å². The van der Waals surface area contributed by atoms with Gasteiger partial charge in [-0.05, 0) is 59.0 Å². The number of hydrogen-bond donors (Lipinski definition) is 1. The molecular formula is C18H16FIN2O4. The third kappa shape index (κ3) is 5.80. The van der Waals surface area contributed by atoms with Gasteiger partial charge in [0.15, 0.2) is 6.61 Å². The highest BCUT2D eigenvalue weighted by Crippen LogP contribution is 2.12. The van der Waals surface area contributed by atoms with Gasteiger partial charge in [-0.3, -0.25) is 9.59 Å². The standard InChI is InChI=1S/C18H16FIN2O4/c1-22(10-16(23)21-13-8-6-12(19)7-9-13)17(24)11-26-18(25)14-4-2-3-5-15(14)20/h2-9H,10-11H2,1H3,(H,21,23). The van der Waals surface area contributed by atoms with Crippen LogP contribution in [-0.4, -0.2) is 42.9 Å². The molecule has 2 rings (SSSR count). The molecule has 26 heavy (non-hydrogen) atoms. The Hall–Kier alpha value is -2.49. The van der Waals surface area contributed by atoms with Gasteiger partial charge in [-0.2, -0.15) is 0 Å². The molecular weight excluding hydrogens is 454 g/mol. The third-order valence-electron chi connectivity index (χ3n) is 3.36. The van der Waals surface area contributed by atoms with Gasteiger partial charge >= 0.3 is 5.97 Å². The van der Waals surface area contributed by atoms with Gasteiger partial charge in [0.05, 0.1) is 12.1 Å². The third-order valence-corrected chi connectivity index (χ3v) is 4.30. The average Bonchev–Trinajstić information content (AvgIpc) is 2.61. The Kier molecular flexibility index (Phi) is 7.07. The Bertz CT molecular complexity index is 811. The molecule has 2 aromatic rings. The summed E-state index contributed by atoms with van der Waals surface area (Å²) < 4.78 is 18.5. The number of rotatable bonds is 6. The zero-order valence-corrected chi connectivity index (χ0v) is 16.0. The van der Waals surface area contributed by atoms with Crippen LogP contribution in [0.15, 0.2) is 48.5 Å². The second kappa shape index (κ2) is 9.27. The van der Waals surface area contributed by atoms with Crippen molar-refractivity contribution >= 4 is 46.1 Å². The van der Waals surface area contributed by atoms with Crippen molar-refractivity contribution in [2.24, 2.45) is 0 Å². The molecule has 8 heteroatoms. The predicted octanol–water partition coefficient (Wildman–Crippen LogP) is 2.68. The van der Waals surface area contributed by atoms with Gasteiger partial charge in [0, 0.05) is 16.3 Å². The Labute approximate surface area is 163 Å². The Morgan fingerprint density at radius 3 is 2.42 bits per heavy atom. The molecule has 136 valence electrons. The summed E-state index contributed by atoms with van der Waals surface area (Å²) in [4.78, 5) is 37.0. The molecule has 0 saturated carbocycles. The maximum absolute atomic E-state index is 12.8. The fraction of sp³-hybridized carbons (Fsp3) is 0.167. The van der Waals surface area contributed by atoms with Gasteiger partial charge in [-0.1, -0.05) is 12.1 Å². The number of ether oxygens (including phenoxy) is 1. The molecule has 2 amide bonds. The zero-order valence-electron chi connectivity index (χ0n) is 13.9. The number of carbonyl (C=O) groups excluding carboxylic acids is 3. The van der Waals surface area contributed by atoms with Crippen molar-refractivity contribution in [1.82, 2.24) is 4.90 Å². The fourth-order valence-corrected chi connectivity index (χ4v) is 2.59. The summed E-state index contributed by atoms with van der Waals surface area (Å²) in [5, 5.41) is 2.54. The van der Waals surface area contributed by atoms with E-state index in [-0.39, 0.29) is 6.54 Å². The van der Waals surface area contributed by atoms with E-state index in [1.165, 1.54) is 31.3 Å². The smallest absolute Gasteiger partial charge is 0.339 e. The SMILES string of the molecule is CN(CC(=O)Nc1ccc(F)cc1)C(=O)COC(=O)c1ccccc1I. The van der Waals surface area contributed by atoms with E-state index < -0.39 is 30.2 Å². The van der Waals surface area contributed by atoms with Crippen LogP contribution in [0.3, 0.4) is 0 Å². The molecule has 0 radical (unpaired) electrons. The monoisotopic (exact) mass is 470 g/mol. The van der Waals surface area contributed by atoms with E-state index >= 15 is 0 Å². The number of nitrogens with one attached hydrogen (secondary N) is 1. The molecule has 0 heterocycles. The predicted molar refractivity (Wildman–Crippen MR) is 102 cm³/mol. The first-order valence-corrected chi connectivity index (χ1v) is 8.65. The number of amides is 2. The molecule has 0 saturated heterocycles. The normalized spacial score (nSPS) is 10.1. The second-order valence-electron chi connectivity index (χ2n) is 5.36. The van der Waals surface area contributed by atoms with E-state index in [1.807, 2.05) is 22.6 Å². The minimum atomic E-state index is -0.604. The van der Waals surface area contributed by atoms with Crippen molar-refractivity contribution in [3.8, 4) is 0 Å². The van der Waals surface area contributed by atoms with Crippen LogP contribution >= 0.6 is 22.6 Å². The van der Waals surface area contributed by atoms with Crippen molar-refractivity contribution in [2.45, 2.75) is 0 Å². The Morgan fingerprint density at radius 1 is 1.12 bits per heavy atom. The number of hydrogen-bond acceptors (Lipinski definition) is 4. The number of nitrogens with zero attached hydrogens (tertiary/aromatic N) is 1. The van der Waals surface area contributed by atoms with E-state index in [2.05, 4.69) is 5.32 Å². The fourth-order valence-electron chi connectivity index (χ4n) is 1.98. The summed E-state index contributed by atoms with van der Waals surface area (Å²) in [6.07, 6.45) is 0. The van der Waals surface area contributed by atoms with Crippen molar-refractivity contribution in [2.75, 3.05) is 25.5 Å². The largest absolute Gasteiger partial charge is 0.452 e. The molecule has 0 bridgehead atoms. The Morgan fingerprint density at radius 2 is 1.77 bits per heavy atom. The summed E-state index contributed by atoms with van der Waals surface area (Å²) in [7, 11) is 1.42. The van der Waals surface area contributed by atoms with Gasteiger partial charge in [0.1, 0.15) is 5.82 Å². The number of halogens is 2. The zero-order chi connectivity index (χ0) is 19.1. The van der Waals surface area contributed by atoms with Crippen LogP contribution in [0.5, 0.6) is 0 Å². The van der Waals surface area contributed by atoms with Crippen molar-refractivity contribution < 1.29 is 23.5 Å². The highest BCUT2D eigenvalue weighted by Gasteiger charge is 2.17. The molecule has 1 N–H and O–H groups in total. The van der Waals surface area contributed by atoms with E-state index in [9.17, 15) is 18.8 Å². The first-order chi connectivity index (χ1) is 12.4. The average molecular weight is 470 g/mol. The lowest BCUT2D eigenvalue weighted by Gasteiger charge is -2.17. The summed E-state index contributed by atoms with van der Waals surface area (Å²) in [6.45, 7) is -0.694. The summed E-state index contributed by atoms with van der Waals surface area (Å²) in [6, 6.07) is 12.1. The van der Waals surface area contributed by atoms with Gasteiger partial charge in [-0.15, -0.1) is 0 Å². The van der Waals surface area contributed by atoms with E-state index in [0.29, 0.717) is 11.3 Å². The summed E-state index contributed by atoms with van der Waals surface area (Å²) in [5.41, 5.74) is 0.792. The summed E-state index contributed by atoms with van der Waals surface area (Å²) >= 11 is 2.00. The van der Waals surface area contributed by atoms with Gasteiger partial charge < -0.3 is 15.0 Å². The number of likely N-dealkylation sites (N-methyl/N-ethyl adjacent to an activating group) is 1. The number of benzene rings is 2. The van der Waals surface area contributed by atoms with E-state index in [1.54, 1.807) is 24.3 Å². The quantitative estimate of drug-likeness (QED) is 0.521. The minimum Gasteiger partial charge on any atom is -0.452 e. The molecule has 0 unspecified atom stereocenters. The van der Waals surface area contributed by atoms with Crippen LogP contribution in [0.4, 0.5) is 10.1 Å².